The number of amides is 1. The number of fused-ring (bicyclic) bond motifs is 1. The Balaban J connectivity index is 0.00000133. The fourth-order valence-corrected chi connectivity index (χ4v) is 3.34. The fraction of sp³-hybridized carbons (Fsp3) is 0.692. The topological polar surface area (TPSA) is 75.0 Å². The summed E-state index contributed by atoms with van der Waals surface area (Å²) in [6, 6.07) is 2.22. The van der Waals surface area contributed by atoms with E-state index in [2.05, 4.69) is 10.2 Å². The summed E-state index contributed by atoms with van der Waals surface area (Å²) < 4.78 is 0. The number of likely N-dealkylation sites (tertiary alicyclic amines) is 1. The number of rotatable bonds is 2. The summed E-state index contributed by atoms with van der Waals surface area (Å²) in [6.45, 7) is 3.68. The van der Waals surface area contributed by atoms with Crippen molar-refractivity contribution in [2.24, 2.45) is 17.6 Å². The molecule has 1 aromatic heterocycles. The Bertz CT molecular complexity index is 461. The van der Waals surface area contributed by atoms with Gasteiger partial charge in [-0.2, -0.15) is 5.10 Å². The highest BCUT2D eigenvalue weighted by Crippen LogP contribution is 2.37. The lowest BCUT2D eigenvalue weighted by atomic mass is 9.98. The van der Waals surface area contributed by atoms with Crippen LogP contribution in [0.1, 0.15) is 24.2 Å². The molecule has 0 radical (unpaired) electrons. The van der Waals surface area contributed by atoms with Crippen molar-refractivity contribution in [1.29, 1.82) is 0 Å². The molecule has 1 saturated carbocycles. The van der Waals surface area contributed by atoms with E-state index in [0.29, 0.717) is 24.3 Å². The summed E-state index contributed by atoms with van der Waals surface area (Å²) in [5.41, 5.74) is 7.91. The predicted octanol–water partition coefficient (Wildman–Crippen LogP) is 0.878. The lowest BCUT2D eigenvalue weighted by Crippen LogP contribution is -2.34. The zero-order valence-corrected chi connectivity index (χ0v) is 11.9. The van der Waals surface area contributed by atoms with Crippen LogP contribution >= 0.6 is 12.4 Å². The number of nitrogens with one attached hydrogen (secondary N) is 1. The number of carbonyl (C=O) groups is 1. The summed E-state index contributed by atoms with van der Waals surface area (Å²) in [4.78, 5) is 14.2. The molecule has 2 fully saturated rings. The first-order valence-electron chi connectivity index (χ1n) is 6.67. The molecule has 1 aromatic rings. The number of aromatic amines is 1. The molecule has 2 heterocycles. The Morgan fingerprint density at radius 1 is 1.53 bits per heavy atom. The van der Waals surface area contributed by atoms with Crippen LogP contribution in [0.5, 0.6) is 0 Å². The number of aryl methyl sites for hydroxylation is 1. The Morgan fingerprint density at radius 3 is 2.95 bits per heavy atom. The second-order valence-corrected chi connectivity index (χ2v) is 5.68. The van der Waals surface area contributed by atoms with Crippen LogP contribution in [0, 0.1) is 18.8 Å². The van der Waals surface area contributed by atoms with E-state index in [9.17, 15) is 4.79 Å². The van der Waals surface area contributed by atoms with E-state index in [0.717, 1.165) is 30.9 Å². The maximum Gasteiger partial charge on any atom is 0.228 e. The van der Waals surface area contributed by atoms with Gasteiger partial charge in [0.05, 0.1) is 12.1 Å². The van der Waals surface area contributed by atoms with Gasteiger partial charge in [-0.05, 0) is 37.7 Å². The van der Waals surface area contributed by atoms with E-state index in [4.69, 9.17) is 5.73 Å². The number of nitrogens with two attached hydrogens (primary N) is 1. The number of aromatic nitrogens is 2. The monoisotopic (exact) mass is 284 g/mol. The van der Waals surface area contributed by atoms with Crippen LogP contribution in [-0.4, -0.2) is 40.1 Å². The third-order valence-electron chi connectivity index (χ3n) is 4.36. The first kappa shape index (κ1) is 14.3. The first-order valence-corrected chi connectivity index (χ1v) is 6.67. The van der Waals surface area contributed by atoms with Crippen LogP contribution in [0.4, 0.5) is 0 Å². The molecule has 3 atom stereocenters. The second-order valence-electron chi connectivity index (χ2n) is 5.68. The minimum Gasteiger partial charge on any atom is -0.342 e. The summed E-state index contributed by atoms with van der Waals surface area (Å²) in [7, 11) is 0. The smallest absolute Gasteiger partial charge is 0.228 e. The van der Waals surface area contributed by atoms with Crippen LogP contribution < -0.4 is 5.73 Å². The van der Waals surface area contributed by atoms with E-state index in [1.807, 2.05) is 17.9 Å². The molecule has 3 N–H and O–H groups in total. The van der Waals surface area contributed by atoms with Crippen molar-refractivity contribution < 1.29 is 4.79 Å². The zero-order chi connectivity index (χ0) is 12.7. The molecule has 1 aliphatic carbocycles. The van der Waals surface area contributed by atoms with Gasteiger partial charge in [0.2, 0.25) is 5.91 Å². The third-order valence-corrected chi connectivity index (χ3v) is 4.36. The van der Waals surface area contributed by atoms with E-state index >= 15 is 0 Å². The Morgan fingerprint density at radius 2 is 2.32 bits per heavy atom. The number of halogens is 1. The molecular formula is C13H21ClN4O. The van der Waals surface area contributed by atoms with E-state index in [-0.39, 0.29) is 18.3 Å². The maximum absolute atomic E-state index is 12.2. The van der Waals surface area contributed by atoms with Crippen molar-refractivity contribution in [3.8, 4) is 0 Å². The van der Waals surface area contributed by atoms with Crippen molar-refractivity contribution >= 4 is 18.3 Å². The van der Waals surface area contributed by atoms with Gasteiger partial charge in [0.25, 0.3) is 0 Å². The molecule has 3 unspecified atom stereocenters. The molecule has 5 nitrogen and oxygen atoms in total. The summed E-state index contributed by atoms with van der Waals surface area (Å²) in [5.74, 6) is 1.34. The number of nitrogens with zero attached hydrogens (tertiary/aromatic N) is 2. The maximum atomic E-state index is 12.2. The number of hydrogen-bond acceptors (Lipinski definition) is 3. The summed E-state index contributed by atoms with van der Waals surface area (Å²) in [5, 5.41) is 6.99. The van der Waals surface area contributed by atoms with Crippen molar-refractivity contribution in [3.05, 3.63) is 17.5 Å². The summed E-state index contributed by atoms with van der Waals surface area (Å²) >= 11 is 0. The highest BCUT2D eigenvalue weighted by molar-refractivity contribution is 5.85. The molecule has 1 saturated heterocycles. The van der Waals surface area contributed by atoms with Gasteiger partial charge in [-0.3, -0.25) is 9.89 Å². The number of carbonyl (C=O) groups excluding carboxylic acids is 1. The zero-order valence-electron chi connectivity index (χ0n) is 11.1. The van der Waals surface area contributed by atoms with Gasteiger partial charge in [0.15, 0.2) is 0 Å². The highest BCUT2D eigenvalue weighted by atomic mass is 35.5. The van der Waals surface area contributed by atoms with Crippen molar-refractivity contribution in [3.63, 3.8) is 0 Å². The van der Waals surface area contributed by atoms with Crippen LogP contribution in [0.15, 0.2) is 6.07 Å². The van der Waals surface area contributed by atoms with Gasteiger partial charge >= 0.3 is 0 Å². The predicted molar refractivity (Wildman–Crippen MR) is 75.0 cm³/mol. The van der Waals surface area contributed by atoms with Crippen LogP contribution in [0.25, 0.3) is 0 Å². The van der Waals surface area contributed by atoms with Crippen LogP contribution in [0.2, 0.25) is 0 Å². The minimum absolute atomic E-state index is 0. The van der Waals surface area contributed by atoms with E-state index in [1.165, 1.54) is 6.42 Å². The number of hydrogen-bond donors (Lipinski definition) is 2. The molecule has 6 heteroatoms. The molecule has 3 rings (SSSR count). The largest absolute Gasteiger partial charge is 0.342 e. The van der Waals surface area contributed by atoms with Crippen molar-refractivity contribution in [2.45, 2.75) is 32.2 Å². The van der Waals surface area contributed by atoms with Crippen LogP contribution in [-0.2, 0) is 11.2 Å². The van der Waals surface area contributed by atoms with Crippen molar-refractivity contribution in [1.82, 2.24) is 15.1 Å². The van der Waals surface area contributed by atoms with Crippen molar-refractivity contribution in [2.75, 3.05) is 13.1 Å². The molecular weight excluding hydrogens is 264 g/mol. The lowest BCUT2D eigenvalue weighted by molar-refractivity contribution is -0.129. The Labute approximate surface area is 119 Å². The SMILES string of the molecule is Cc1cc(CC(=O)N2CC3CCC(N)C3C2)n[nH]1.Cl. The lowest BCUT2D eigenvalue weighted by Gasteiger charge is -2.18. The molecule has 19 heavy (non-hydrogen) atoms. The Kier molecular flexibility index (Phi) is 4.16. The standard InChI is InChI=1S/C13H20N4O.ClH/c1-8-4-10(16-15-8)5-13(18)17-6-9-2-3-12(14)11(9)7-17;/h4,9,11-12H,2-3,5-7,14H2,1H3,(H,15,16);1H. The van der Waals surface area contributed by atoms with Gasteiger partial charge in [-0.15, -0.1) is 12.4 Å². The quantitative estimate of drug-likeness (QED) is 0.846. The fourth-order valence-electron chi connectivity index (χ4n) is 3.34. The van der Waals surface area contributed by atoms with E-state index < -0.39 is 0 Å². The average molecular weight is 285 g/mol. The molecule has 1 amide bonds. The van der Waals surface area contributed by atoms with Gasteiger partial charge in [0, 0.05) is 24.8 Å². The molecule has 2 aliphatic rings. The highest BCUT2D eigenvalue weighted by Gasteiger charge is 2.42. The second kappa shape index (κ2) is 5.51. The van der Waals surface area contributed by atoms with E-state index in [1.54, 1.807) is 0 Å². The van der Waals surface area contributed by atoms with Gasteiger partial charge < -0.3 is 10.6 Å². The summed E-state index contributed by atoms with van der Waals surface area (Å²) in [6.07, 6.45) is 2.70. The first-order chi connectivity index (χ1) is 8.63. The van der Waals surface area contributed by atoms with Gasteiger partial charge in [0.1, 0.15) is 0 Å². The minimum atomic E-state index is 0. The normalized spacial score (nSPS) is 29.2. The molecule has 106 valence electrons. The van der Waals surface area contributed by atoms with Crippen LogP contribution in [0.3, 0.4) is 0 Å². The van der Waals surface area contributed by atoms with Gasteiger partial charge in [-0.1, -0.05) is 0 Å². The molecule has 0 spiro atoms. The van der Waals surface area contributed by atoms with Gasteiger partial charge in [-0.25, -0.2) is 0 Å². The molecule has 0 bridgehead atoms. The third kappa shape index (κ3) is 2.77. The Hall–Kier alpha value is -1.07. The number of H-pyrrole nitrogens is 1. The molecule has 1 aliphatic heterocycles. The average Bonchev–Trinajstić information content (AvgIpc) is 2.98. The molecule has 0 aromatic carbocycles.